The highest BCUT2D eigenvalue weighted by Gasteiger charge is 2.17. The molecule has 108 valence electrons. The van der Waals surface area contributed by atoms with E-state index in [0.717, 1.165) is 34.0 Å². The first-order valence-electron chi connectivity index (χ1n) is 6.60. The summed E-state index contributed by atoms with van der Waals surface area (Å²) in [6, 6.07) is 5.75. The van der Waals surface area contributed by atoms with E-state index in [4.69, 9.17) is 4.42 Å². The van der Waals surface area contributed by atoms with E-state index in [1.54, 1.807) is 0 Å². The Morgan fingerprint density at radius 2 is 2.15 bits per heavy atom. The van der Waals surface area contributed by atoms with E-state index in [0.29, 0.717) is 12.3 Å². The number of fused-ring (bicyclic) bond motifs is 1. The number of benzene rings is 1. The smallest absolute Gasteiger partial charge is 0.287 e. The highest BCUT2D eigenvalue weighted by Crippen LogP contribution is 2.27. The van der Waals surface area contributed by atoms with Crippen molar-refractivity contribution in [2.45, 2.75) is 13.3 Å². The van der Waals surface area contributed by atoms with Crippen LogP contribution in [0.1, 0.15) is 22.5 Å². The van der Waals surface area contributed by atoms with Crippen molar-refractivity contribution < 1.29 is 9.21 Å². The number of halogens is 1. The van der Waals surface area contributed by atoms with Crippen molar-refractivity contribution in [3.8, 4) is 0 Å². The fourth-order valence-corrected chi connectivity index (χ4v) is 2.45. The van der Waals surface area contributed by atoms with Gasteiger partial charge in [0, 0.05) is 22.0 Å². The molecule has 1 aromatic carbocycles. The van der Waals surface area contributed by atoms with E-state index >= 15 is 0 Å². The Hall–Kier alpha value is -1.33. The summed E-state index contributed by atoms with van der Waals surface area (Å²) in [6.45, 7) is 3.51. The van der Waals surface area contributed by atoms with Crippen LogP contribution in [-0.2, 0) is 0 Å². The SMILES string of the molecule is Cc1c(C(=O)NCCCN(C)C)oc2ccc(Br)cc12. The summed E-state index contributed by atoms with van der Waals surface area (Å²) in [5, 5.41) is 3.87. The molecule has 0 aliphatic carbocycles. The van der Waals surface area contributed by atoms with Gasteiger partial charge in [-0.3, -0.25) is 4.79 Å². The summed E-state index contributed by atoms with van der Waals surface area (Å²) >= 11 is 3.43. The van der Waals surface area contributed by atoms with Gasteiger partial charge in [0.25, 0.3) is 5.91 Å². The van der Waals surface area contributed by atoms with Crippen LogP contribution in [-0.4, -0.2) is 38.0 Å². The number of furan rings is 1. The summed E-state index contributed by atoms with van der Waals surface area (Å²) < 4.78 is 6.63. The molecule has 2 rings (SSSR count). The van der Waals surface area contributed by atoms with Crippen LogP contribution in [0.15, 0.2) is 27.1 Å². The Kier molecular flexibility index (Phi) is 4.83. The largest absolute Gasteiger partial charge is 0.451 e. The second kappa shape index (κ2) is 6.41. The third-order valence-electron chi connectivity index (χ3n) is 3.17. The molecule has 5 heteroatoms. The second-order valence-electron chi connectivity index (χ2n) is 5.11. The fourth-order valence-electron chi connectivity index (χ4n) is 2.09. The number of nitrogens with one attached hydrogen (secondary N) is 1. The standard InChI is InChI=1S/C15H19BrN2O2/c1-10-12-9-11(16)5-6-13(12)20-14(10)15(19)17-7-4-8-18(2)3/h5-6,9H,4,7-8H2,1-3H3,(H,17,19). The van der Waals surface area contributed by atoms with Crippen LogP contribution in [0.3, 0.4) is 0 Å². The lowest BCUT2D eigenvalue weighted by Crippen LogP contribution is -2.27. The molecule has 0 unspecified atom stereocenters. The average Bonchev–Trinajstić information content (AvgIpc) is 2.72. The van der Waals surface area contributed by atoms with Gasteiger partial charge in [0.05, 0.1) is 0 Å². The number of aryl methyl sites for hydroxylation is 1. The molecule has 1 amide bonds. The minimum Gasteiger partial charge on any atom is -0.451 e. The van der Waals surface area contributed by atoms with Crippen molar-refractivity contribution in [1.29, 1.82) is 0 Å². The predicted molar refractivity (Wildman–Crippen MR) is 84.2 cm³/mol. The van der Waals surface area contributed by atoms with Crippen LogP contribution >= 0.6 is 15.9 Å². The van der Waals surface area contributed by atoms with Gasteiger partial charge in [-0.25, -0.2) is 0 Å². The van der Waals surface area contributed by atoms with Crippen molar-refractivity contribution >= 4 is 32.8 Å². The molecule has 0 atom stereocenters. The van der Waals surface area contributed by atoms with Crippen LogP contribution in [0.5, 0.6) is 0 Å². The average molecular weight is 339 g/mol. The van der Waals surface area contributed by atoms with Crippen molar-refractivity contribution in [3.05, 3.63) is 34.0 Å². The minimum absolute atomic E-state index is 0.145. The summed E-state index contributed by atoms with van der Waals surface area (Å²) in [5.41, 5.74) is 1.62. The predicted octanol–water partition coefficient (Wildman–Crippen LogP) is 3.19. The third-order valence-corrected chi connectivity index (χ3v) is 3.67. The lowest BCUT2D eigenvalue weighted by molar-refractivity contribution is 0.0926. The molecule has 20 heavy (non-hydrogen) atoms. The van der Waals surface area contributed by atoms with Crippen LogP contribution in [0.4, 0.5) is 0 Å². The molecule has 0 radical (unpaired) electrons. The molecule has 0 aliphatic rings. The van der Waals surface area contributed by atoms with E-state index in [2.05, 4.69) is 26.1 Å². The summed E-state index contributed by atoms with van der Waals surface area (Å²) in [6.07, 6.45) is 0.920. The highest BCUT2D eigenvalue weighted by atomic mass is 79.9. The zero-order chi connectivity index (χ0) is 14.7. The lowest BCUT2D eigenvalue weighted by atomic mass is 10.1. The Morgan fingerprint density at radius 3 is 2.85 bits per heavy atom. The topological polar surface area (TPSA) is 45.5 Å². The van der Waals surface area contributed by atoms with E-state index in [1.807, 2.05) is 39.2 Å². The molecular weight excluding hydrogens is 320 g/mol. The molecule has 1 N–H and O–H groups in total. The van der Waals surface area contributed by atoms with Crippen molar-refractivity contribution in [2.24, 2.45) is 0 Å². The maximum absolute atomic E-state index is 12.1. The number of nitrogens with zero attached hydrogens (tertiary/aromatic N) is 1. The van der Waals surface area contributed by atoms with Crippen LogP contribution in [0, 0.1) is 6.92 Å². The Balaban J connectivity index is 2.08. The van der Waals surface area contributed by atoms with E-state index < -0.39 is 0 Å². The first-order valence-corrected chi connectivity index (χ1v) is 7.40. The maximum atomic E-state index is 12.1. The van der Waals surface area contributed by atoms with E-state index in [9.17, 15) is 4.79 Å². The van der Waals surface area contributed by atoms with Gasteiger partial charge in [-0.05, 0) is 52.2 Å². The molecule has 0 fully saturated rings. The van der Waals surface area contributed by atoms with Gasteiger partial charge in [-0.15, -0.1) is 0 Å². The Bertz CT molecular complexity index is 620. The molecule has 0 aliphatic heterocycles. The summed E-state index contributed by atoms with van der Waals surface area (Å²) in [4.78, 5) is 14.2. The molecule has 0 spiro atoms. The van der Waals surface area contributed by atoms with Crippen LogP contribution in [0.2, 0.25) is 0 Å². The zero-order valence-corrected chi connectivity index (χ0v) is 13.6. The molecule has 1 heterocycles. The number of rotatable bonds is 5. The lowest BCUT2D eigenvalue weighted by Gasteiger charge is -2.09. The Labute approximate surface area is 127 Å². The van der Waals surface area contributed by atoms with E-state index in [-0.39, 0.29) is 5.91 Å². The normalized spacial score (nSPS) is 11.2. The monoisotopic (exact) mass is 338 g/mol. The minimum atomic E-state index is -0.145. The molecule has 0 bridgehead atoms. The number of hydrogen-bond acceptors (Lipinski definition) is 3. The first kappa shape index (κ1) is 15.1. The van der Waals surface area contributed by atoms with Crippen molar-refractivity contribution in [2.75, 3.05) is 27.2 Å². The van der Waals surface area contributed by atoms with E-state index in [1.165, 1.54) is 0 Å². The van der Waals surface area contributed by atoms with Gasteiger partial charge in [-0.1, -0.05) is 15.9 Å². The molecule has 1 aromatic heterocycles. The van der Waals surface area contributed by atoms with Gasteiger partial charge in [0.2, 0.25) is 0 Å². The summed E-state index contributed by atoms with van der Waals surface area (Å²) in [5.74, 6) is 0.261. The second-order valence-corrected chi connectivity index (χ2v) is 6.03. The zero-order valence-electron chi connectivity index (χ0n) is 12.0. The highest BCUT2D eigenvalue weighted by molar-refractivity contribution is 9.10. The number of carbonyl (C=O) groups excluding carboxylic acids is 1. The van der Waals surface area contributed by atoms with Crippen LogP contribution < -0.4 is 5.32 Å². The van der Waals surface area contributed by atoms with Gasteiger partial charge < -0.3 is 14.6 Å². The summed E-state index contributed by atoms with van der Waals surface area (Å²) in [7, 11) is 4.03. The van der Waals surface area contributed by atoms with Gasteiger partial charge in [0.1, 0.15) is 5.58 Å². The van der Waals surface area contributed by atoms with Crippen LogP contribution in [0.25, 0.3) is 11.0 Å². The molecule has 0 saturated heterocycles. The van der Waals surface area contributed by atoms with Crippen molar-refractivity contribution in [3.63, 3.8) is 0 Å². The molecule has 2 aromatic rings. The quantitative estimate of drug-likeness (QED) is 0.851. The number of hydrogen-bond donors (Lipinski definition) is 1. The number of amides is 1. The van der Waals surface area contributed by atoms with Gasteiger partial charge in [0.15, 0.2) is 5.76 Å². The first-order chi connectivity index (χ1) is 9.49. The molecule has 0 saturated carbocycles. The maximum Gasteiger partial charge on any atom is 0.287 e. The number of carbonyl (C=O) groups is 1. The van der Waals surface area contributed by atoms with Gasteiger partial charge in [-0.2, -0.15) is 0 Å². The molecule has 4 nitrogen and oxygen atoms in total. The fraction of sp³-hybridized carbons (Fsp3) is 0.400. The van der Waals surface area contributed by atoms with Crippen molar-refractivity contribution in [1.82, 2.24) is 10.2 Å². The Morgan fingerprint density at radius 1 is 1.40 bits per heavy atom. The third kappa shape index (κ3) is 3.41. The molecular formula is C15H19BrN2O2. The van der Waals surface area contributed by atoms with Gasteiger partial charge >= 0.3 is 0 Å².